The number of aromatic nitrogens is 3. The van der Waals surface area contributed by atoms with E-state index in [-0.39, 0.29) is 17.2 Å². The molecule has 0 atom stereocenters. The van der Waals surface area contributed by atoms with Crippen molar-refractivity contribution >= 4 is 32.8 Å². The number of anilines is 1. The number of aryl methyl sites for hydroxylation is 2. The summed E-state index contributed by atoms with van der Waals surface area (Å²) in [7, 11) is -3.47. The van der Waals surface area contributed by atoms with Crippen LogP contribution in [0.4, 0.5) is 5.82 Å². The van der Waals surface area contributed by atoms with Gasteiger partial charge in [0.25, 0.3) is 0 Å². The molecule has 8 nitrogen and oxygen atoms in total. The summed E-state index contributed by atoms with van der Waals surface area (Å²) in [6.45, 7) is 3.51. The van der Waals surface area contributed by atoms with Crippen LogP contribution in [0.15, 0.2) is 47.8 Å². The zero-order valence-corrected chi connectivity index (χ0v) is 17.0. The minimum atomic E-state index is -3.47. The number of carbonyl (C=O) groups excluding carboxylic acids is 1. The molecule has 3 heterocycles. The first kappa shape index (κ1) is 19.5. The van der Waals surface area contributed by atoms with Crippen LogP contribution in [0.3, 0.4) is 0 Å². The molecule has 29 heavy (non-hydrogen) atoms. The normalized spacial score (nSPS) is 15.1. The predicted octanol–water partition coefficient (Wildman–Crippen LogP) is 2.55. The van der Waals surface area contributed by atoms with E-state index < -0.39 is 10.0 Å². The average Bonchev–Trinajstić information content (AvgIpc) is 3.38. The summed E-state index contributed by atoms with van der Waals surface area (Å²) >= 11 is 0. The van der Waals surface area contributed by atoms with Crippen LogP contribution in [-0.2, 0) is 21.4 Å². The van der Waals surface area contributed by atoms with Crippen molar-refractivity contribution in [2.75, 3.05) is 18.4 Å². The molecule has 152 valence electrons. The summed E-state index contributed by atoms with van der Waals surface area (Å²) in [6.07, 6.45) is 5.39. The van der Waals surface area contributed by atoms with Crippen molar-refractivity contribution in [1.29, 1.82) is 0 Å². The number of nitrogens with zero attached hydrogens (tertiary/aromatic N) is 4. The first-order valence-electron chi connectivity index (χ1n) is 9.61. The summed E-state index contributed by atoms with van der Waals surface area (Å²) in [5.74, 6) is 0.379. The minimum Gasteiger partial charge on any atom is -0.330 e. The molecule has 0 radical (unpaired) electrons. The molecule has 1 saturated heterocycles. The van der Waals surface area contributed by atoms with Gasteiger partial charge in [0, 0.05) is 32.3 Å². The molecule has 2 aromatic heterocycles. The van der Waals surface area contributed by atoms with Gasteiger partial charge in [-0.15, -0.1) is 0 Å². The molecule has 1 aliphatic rings. The number of nitrogens with one attached hydrogen (secondary N) is 1. The summed E-state index contributed by atoms with van der Waals surface area (Å²) in [6, 6.07) is 8.63. The lowest BCUT2D eigenvalue weighted by Gasteiger charge is -2.15. The van der Waals surface area contributed by atoms with Crippen molar-refractivity contribution in [1.82, 2.24) is 18.8 Å². The Hall–Kier alpha value is -2.78. The van der Waals surface area contributed by atoms with Crippen LogP contribution in [0, 0.1) is 6.92 Å². The Morgan fingerprint density at radius 3 is 2.66 bits per heavy atom. The summed E-state index contributed by atoms with van der Waals surface area (Å²) in [5, 5.41) is 2.77. The van der Waals surface area contributed by atoms with Gasteiger partial charge in [-0.05, 0) is 49.6 Å². The lowest BCUT2D eigenvalue weighted by Crippen LogP contribution is -2.27. The van der Waals surface area contributed by atoms with Gasteiger partial charge < -0.3 is 9.88 Å². The SMILES string of the molecule is Cc1ccc(NC(=O)CCn2cnc3cc(S(=O)(=O)N4CCCC4)ccc32)nc1. The molecule has 0 saturated carbocycles. The molecule has 0 spiro atoms. The molecule has 4 rings (SSSR count). The van der Waals surface area contributed by atoms with Gasteiger partial charge >= 0.3 is 0 Å². The summed E-state index contributed by atoms with van der Waals surface area (Å²) < 4.78 is 28.8. The van der Waals surface area contributed by atoms with Crippen molar-refractivity contribution in [3.8, 4) is 0 Å². The fourth-order valence-electron chi connectivity index (χ4n) is 3.43. The molecule has 9 heteroatoms. The fourth-order valence-corrected chi connectivity index (χ4v) is 4.97. The number of imidazole rings is 1. The first-order chi connectivity index (χ1) is 13.9. The van der Waals surface area contributed by atoms with Crippen molar-refractivity contribution in [3.63, 3.8) is 0 Å². The van der Waals surface area contributed by atoms with E-state index in [4.69, 9.17) is 0 Å². The van der Waals surface area contributed by atoms with Gasteiger partial charge in [-0.2, -0.15) is 4.31 Å². The van der Waals surface area contributed by atoms with Crippen LogP contribution >= 0.6 is 0 Å². The molecule has 1 N–H and O–H groups in total. The molecule has 1 amide bonds. The third-order valence-electron chi connectivity index (χ3n) is 5.05. The number of carbonyl (C=O) groups is 1. The second-order valence-corrected chi connectivity index (χ2v) is 9.16. The van der Waals surface area contributed by atoms with Gasteiger partial charge in [-0.25, -0.2) is 18.4 Å². The molecule has 1 fully saturated rings. The van der Waals surface area contributed by atoms with Crippen molar-refractivity contribution in [2.45, 2.75) is 37.6 Å². The standard InChI is InChI=1S/C20H23N5O3S/c1-15-4-7-19(21-13-15)23-20(26)8-11-24-14-22-17-12-16(5-6-18(17)24)29(27,28)25-9-2-3-10-25/h4-7,12-14H,2-3,8-11H2,1H3,(H,21,23,26). The van der Waals surface area contributed by atoms with Crippen LogP contribution in [-0.4, -0.2) is 46.3 Å². The maximum atomic E-state index is 12.7. The van der Waals surface area contributed by atoms with E-state index in [2.05, 4.69) is 15.3 Å². The van der Waals surface area contributed by atoms with E-state index in [0.29, 0.717) is 31.0 Å². The molecule has 0 unspecified atom stereocenters. The Morgan fingerprint density at radius 1 is 1.14 bits per heavy atom. The Labute approximate surface area is 169 Å². The van der Waals surface area contributed by atoms with Gasteiger partial charge in [-0.3, -0.25) is 4.79 Å². The average molecular weight is 414 g/mol. The molecular weight excluding hydrogens is 390 g/mol. The highest BCUT2D eigenvalue weighted by atomic mass is 32.2. The third kappa shape index (κ3) is 4.15. The summed E-state index contributed by atoms with van der Waals surface area (Å²) in [5.41, 5.74) is 2.43. The van der Waals surface area contributed by atoms with Gasteiger partial charge in [0.05, 0.1) is 22.3 Å². The van der Waals surface area contributed by atoms with Crippen LogP contribution < -0.4 is 5.32 Å². The number of sulfonamides is 1. The van der Waals surface area contributed by atoms with E-state index in [1.165, 1.54) is 4.31 Å². The van der Waals surface area contributed by atoms with Crippen LogP contribution in [0.1, 0.15) is 24.8 Å². The van der Waals surface area contributed by atoms with Crippen molar-refractivity contribution in [3.05, 3.63) is 48.4 Å². The highest BCUT2D eigenvalue weighted by molar-refractivity contribution is 7.89. The van der Waals surface area contributed by atoms with E-state index in [1.54, 1.807) is 36.8 Å². The summed E-state index contributed by atoms with van der Waals surface area (Å²) in [4.78, 5) is 20.9. The minimum absolute atomic E-state index is 0.142. The maximum Gasteiger partial charge on any atom is 0.243 e. The van der Waals surface area contributed by atoms with Crippen LogP contribution in [0.2, 0.25) is 0 Å². The Kier molecular flexibility index (Phi) is 5.33. The fraction of sp³-hybridized carbons (Fsp3) is 0.350. The quantitative estimate of drug-likeness (QED) is 0.670. The zero-order valence-electron chi connectivity index (χ0n) is 16.2. The highest BCUT2D eigenvalue weighted by Crippen LogP contribution is 2.24. The second kappa shape index (κ2) is 7.92. The highest BCUT2D eigenvalue weighted by Gasteiger charge is 2.27. The Bertz CT molecular complexity index is 1130. The van der Waals surface area contributed by atoms with E-state index in [1.807, 2.05) is 17.6 Å². The van der Waals surface area contributed by atoms with Gasteiger partial charge in [-0.1, -0.05) is 6.07 Å². The molecular formula is C20H23N5O3S. The molecule has 1 aromatic carbocycles. The van der Waals surface area contributed by atoms with Crippen LogP contribution in [0.5, 0.6) is 0 Å². The Balaban J connectivity index is 1.45. The number of hydrogen-bond acceptors (Lipinski definition) is 5. The second-order valence-electron chi connectivity index (χ2n) is 7.22. The molecule has 3 aromatic rings. The van der Waals surface area contributed by atoms with Gasteiger partial charge in [0.2, 0.25) is 15.9 Å². The van der Waals surface area contributed by atoms with Crippen molar-refractivity contribution in [2.24, 2.45) is 0 Å². The smallest absolute Gasteiger partial charge is 0.243 e. The molecule has 1 aliphatic heterocycles. The van der Waals surface area contributed by atoms with Crippen molar-refractivity contribution < 1.29 is 13.2 Å². The zero-order chi connectivity index (χ0) is 20.4. The number of amides is 1. The number of rotatable bonds is 6. The predicted molar refractivity (Wildman–Crippen MR) is 110 cm³/mol. The Morgan fingerprint density at radius 2 is 1.93 bits per heavy atom. The van der Waals surface area contributed by atoms with Crippen LogP contribution in [0.25, 0.3) is 11.0 Å². The lowest BCUT2D eigenvalue weighted by atomic mass is 10.3. The van der Waals surface area contributed by atoms with E-state index >= 15 is 0 Å². The number of benzene rings is 1. The molecule has 0 bridgehead atoms. The number of fused-ring (bicyclic) bond motifs is 1. The number of hydrogen-bond donors (Lipinski definition) is 1. The monoisotopic (exact) mass is 413 g/mol. The van der Waals surface area contributed by atoms with E-state index in [0.717, 1.165) is 23.9 Å². The van der Waals surface area contributed by atoms with E-state index in [9.17, 15) is 13.2 Å². The maximum absolute atomic E-state index is 12.7. The molecule has 0 aliphatic carbocycles. The number of pyridine rings is 1. The lowest BCUT2D eigenvalue weighted by molar-refractivity contribution is -0.116. The largest absolute Gasteiger partial charge is 0.330 e. The first-order valence-corrected chi connectivity index (χ1v) is 11.0. The third-order valence-corrected chi connectivity index (χ3v) is 6.95. The van der Waals surface area contributed by atoms with Gasteiger partial charge in [0.1, 0.15) is 5.82 Å². The van der Waals surface area contributed by atoms with Gasteiger partial charge in [0.15, 0.2) is 0 Å². The topological polar surface area (TPSA) is 97.2 Å².